The number of carbonyl (C=O) groups excluding carboxylic acids is 1. The number of ether oxygens (including phenoxy) is 2. The highest BCUT2D eigenvalue weighted by Gasteiger charge is 2.30. The maximum atomic E-state index is 12.9. The van der Waals surface area contributed by atoms with Crippen LogP contribution in [0.25, 0.3) is 0 Å². The Hall–Kier alpha value is -2.58. The zero-order chi connectivity index (χ0) is 21.0. The monoisotopic (exact) mass is 418 g/mol. The third-order valence-corrected chi connectivity index (χ3v) is 6.87. The molecule has 1 aliphatic rings. The Bertz CT molecular complexity index is 965. The molecule has 1 aliphatic heterocycles. The van der Waals surface area contributed by atoms with Gasteiger partial charge in [-0.25, -0.2) is 8.42 Å². The van der Waals surface area contributed by atoms with Crippen LogP contribution in [0, 0.1) is 6.92 Å². The second-order valence-corrected chi connectivity index (χ2v) is 8.72. The Morgan fingerprint density at radius 1 is 1.03 bits per heavy atom. The number of methoxy groups -OCH3 is 1. The van der Waals surface area contributed by atoms with Gasteiger partial charge in [-0.2, -0.15) is 4.31 Å². The van der Waals surface area contributed by atoms with E-state index in [1.807, 2.05) is 19.9 Å². The number of hydrogen-bond acceptors (Lipinski definition) is 5. The molecule has 7 nitrogen and oxygen atoms in total. The molecule has 0 radical (unpaired) electrons. The normalized spacial score (nSPS) is 15.2. The van der Waals surface area contributed by atoms with Crippen LogP contribution in [-0.2, 0) is 10.0 Å². The van der Waals surface area contributed by atoms with Gasteiger partial charge in [-0.15, -0.1) is 0 Å². The number of carbonyl (C=O) groups is 1. The first-order chi connectivity index (χ1) is 13.9. The second-order valence-electron chi connectivity index (χ2n) is 6.79. The smallest absolute Gasteiger partial charge is 0.254 e. The first kappa shape index (κ1) is 21.1. The largest absolute Gasteiger partial charge is 0.496 e. The van der Waals surface area contributed by atoms with Gasteiger partial charge in [-0.1, -0.05) is 6.07 Å². The summed E-state index contributed by atoms with van der Waals surface area (Å²) in [5.74, 6) is 1.17. The molecule has 0 atom stereocenters. The maximum absolute atomic E-state index is 12.9. The Morgan fingerprint density at radius 3 is 2.28 bits per heavy atom. The first-order valence-corrected chi connectivity index (χ1v) is 11.0. The van der Waals surface area contributed by atoms with Crippen molar-refractivity contribution in [2.75, 3.05) is 39.9 Å². The highest BCUT2D eigenvalue weighted by molar-refractivity contribution is 7.89. The van der Waals surface area contributed by atoms with Gasteiger partial charge in [0.15, 0.2) is 0 Å². The second kappa shape index (κ2) is 8.84. The highest BCUT2D eigenvalue weighted by atomic mass is 32.2. The summed E-state index contributed by atoms with van der Waals surface area (Å²) >= 11 is 0. The average Bonchev–Trinajstić information content (AvgIpc) is 2.74. The molecule has 0 spiro atoms. The minimum absolute atomic E-state index is 0.124. The van der Waals surface area contributed by atoms with Crippen molar-refractivity contribution in [2.45, 2.75) is 18.7 Å². The maximum Gasteiger partial charge on any atom is 0.254 e. The summed E-state index contributed by atoms with van der Waals surface area (Å²) in [5.41, 5.74) is 1.49. The van der Waals surface area contributed by atoms with Gasteiger partial charge in [0.25, 0.3) is 5.91 Å². The summed E-state index contributed by atoms with van der Waals surface area (Å²) < 4.78 is 37.9. The van der Waals surface area contributed by atoms with Gasteiger partial charge in [0.1, 0.15) is 11.5 Å². The van der Waals surface area contributed by atoms with E-state index >= 15 is 0 Å². The number of nitrogens with zero attached hydrogens (tertiary/aromatic N) is 2. The lowest BCUT2D eigenvalue weighted by Gasteiger charge is -2.34. The standard InChI is InChI=1S/C21H26N2O5S/c1-4-28-18-7-9-19(10-8-18)29(25,26)23-13-11-22(12-14-23)21(24)17-6-5-16(2)20(15-17)27-3/h5-10,15H,4,11-14H2,1-3H3. The molecule has 1 amide bonds. The third kappa shape index (κ3) is 4.54. The van der Waals surface area contributed by atoms with E-state index in [9.17, 15) is 13.2 Å². The number of amides is 1. The van der Waals surface area contributed by atoms with Crippen LogP contribution >= 0.6 is 0 Å². The van der Waals surface area contributed by atoms with Crippen molar-refractivity contribution < 1.29 is 22.7 Å². The molecular formula is C21H26N2O5S. The van der Waals surface area contributed by atoms with Gasteiger partial charge in [0.2, 0.25) is 10.0 Å². The summed E-state index contributed by atoms with van der Waals surface area (Å²) in [7, 11) is -2.03. The molecule has 0 unspecified atom stereocenters. The Morgan fingerprint density at radius 2 is 1.69 bits per heavy atom. The SMILES string of the molecule is CCOc1ccc(S(=O)(=O)N2CCN(C(=O)c3ccc(C)c(OC)c3)CC2)cc1. The van der Waals surface area contributed by atoms with Crippen LogP contribution in [-0.4, -0.2) is 63.4 Å². The molecule has 29 heavy (non-hydrogen) atoms. The zero-order valence-corrected chi connectivity index (χ0v) is 17.7. The van der Waals surface area contributed by atoms with E-state index in [0.717, 1.165) is 5.56 Å². The van der Waals surface area contributed by atoms with E-state index in [-0.39, 0.29) is 23.9 Å². The van der Waals surface area contributed by atoms with Crippen molar-refractivity contribution in [3.63, 3.8) is 0 Å². The van der Waals surface area contributed by atoms with E-state index in [1.165, 1.54) is 4.31 Å². The van der Waals surface area contributed by atoms with Crippen LogP contribution in [0.15, 0.2) is 47.4 Å². The zero-order valence-electron chi connectivity index (χ0n) is 16.9. The minimum Gasteiger partial charge on any atom is -0.496 e. The van der Waals surface area contributed by atoms with E-state index in [4.69, 9.17) is 9.47 Å². The predicted octanol–water partition coefficient (Wildman–Crippen LogP) is 2.55. The van der Waals surface area contributed by atoms with Gasteiger partial charge in [0, 0.05) is 31.7 Å². The summed E-state index contributed by atoms with van der Waals surface area (Å²) in [5, 5.41) is 0. The molecule has 2 aromatic rings. The fraction of sp³-hybridized carbons (Fsp3) is 0.381. The molecule has 0 N–H and O–H groups in total. The molecule has 3 rings (SSSR count). The van der Waals surface area contributed by atoms with Gasteiger partial charge < -0.3 is 14.4 Å². The van der Waals surface area contributed by atoms with E-state index in [1.54, 1.807) is 48.4 Å². The van der Waals surface area contributed by atoms with E-state index < -0.39 is 10.0 Å². The summed E-state index contributed by atoms with van der Waals surface area (Å²) in [6.07, 6.45) is 0. The van der Waals surface area contributed by atoms with Crippen LogP contribution in [0.2, 0.25) is 0 Å². The first-order valence-electron chi connectivity index (χ1n) is 9.53. The molecule has 1 saturated heterocycles. The Balaban J connectivity index is 1.67. The molecule has 2 aromatic carbocycles. The average molecular weight is 419 g/mol. The van der Waals surface area contributed by atoms with Crippen LogP contribution in [0.3, 0.4) is 0 Å². The topological polar surface area (TPSA) is 76.2 Å². The minimum atomic E-state index is -3.60. The molecule has 0 bridgehead atoms. The van der Waals surface area contributed by atoms with Crippen LogP contribution in [0.4, 0.5) is 0 Å². The number of sulfonamides is 1. The van der Waals surface area contributed by atoms with Crippen molar-refractivity contribution in [1.29, 1.82) is 0 Å². The quantitative estimate of drug-likeness (QED) is 0.721. The number of hydrogen-bond donors (Lipinski definition) is 0. The lowest BCUT2D eigenvalue weighted by atomic mass is 10.1. The van der Waals surface area contributed by atoms with Gasteiger partial charge in [-0.3, -0.25) is 4.79 Å². The van der Waals surface area contributed by atoms with Crippen molar-refractivity contribution in [1.82, 2.24) is 9.21 Å². The Kier molecular flexibility index (Phi) is 6.44. The number of aryl methyl sites for hydroxylation is 1. The molecule has 0 aromatic heterocycles. The lowest BCUT2D eigenvalue weighted by molar-refractivity contribution is 0.0697. The molecule has 1 heterocycles. The molecule has 1 fully saturated rings. The summed E-state index contributed by atoms with van der Waals surface area (Å²) in [4.78, 5) is 14.7. The number of rotatable bonds is 6. The van der Waals surface area contributed by atoms with Gasteiger partial charge in [0.05, 0.1) is 18.6 Å². The van der Waals surface area contributed by atoms with E-state index in [0.29, 0.717) is 36.8 Å². The Labute approximate surface area is 171 Å². The molecular weight excluding hydrogens is 392 g/mol. The molecule has 0 aliphatic carbocycles. The fourth-order valence-corrected chi connectivity index (χ4v) is 4.71. The lowest BCUT2D eigenvalue weighted by Crippen LogP contribution is -2.50. The van der Waals surface area contributed by atoms with Crippen molar-refractivity contribution >= 4 is 15.9 Å². The third-order valence-electron chi connectivity index (χ3n) is 4.95. The van der Waals surface area contributed by atoms with Gasteiger partial charge in [-0.05, 0) is 55.8 Å². The van der Waals surface area contributed by atoms with E-state index in [2.05, 4.69) is 0 Å². The highest BCUT2D eigenvalue weighted by Crippen LogP contribution is 2.23. The molecule has 0 saturated carbocycles. The van der Waals surface area contributed by atoms with Gasteiger partial charge >= 0.3 is 0 Å². The molecule has 156 valence electrons. The van der Waals surface area contributed by atoms with Crippen LogP contribution in [0.5, 0.6) is 11.5 Å². The van der Waals surface area contributed by atoms with Crippen LogP contribution < -0.4 is 9.47 Å². The van der Waals surface area contributed by atoms with Crippen molar-refractivity contribution in [3.05, 3.63) is 53.6 Å². The summed E-state index contributed by atoms with van der Waals surface area (Å²) in [6, 6.07) is 11.7. The molecule has 8 heteroatoms. The van der Waals surface area contributed by atoms with Crippen molar-refractivity contribution in [3.8, 4) is 11.5 Å². The number of piperazine rings is 1. The predicted molar refractivity (Wildman–Crippen MR) is 110 cm³/mol. The summed E-state index contributed by atoms with van der Waals surface area (Å²) in [6.45, 7) is 5.50. The number of benzene rings is 2. The van der Waals surface area contributed by atoms with Crippen molar-refractivity contribution in [2.24, 2.45) is 0 Å². The van der Waals surface area contributed by atoms with Crippen LogP contribution in [0.1, 0.15) is 22.8 Å². The fourth-order valence-electron chi connectivity index (χ4n) is 3.29.